The van der Waals surface area contributed by atoms with Gasteiger partial charge in [-0.2, -0.15) is 4.72 Å². The number of rotatable bonds is 5. The highest BCUT2D eigenvalue weighted by Gasteiger charge is 2.17. The number of esters is 1. The van der Waals surface area contributed by atoms with Gasteiger partial charge in [0.25, 0.3) is 10.0 Å². The van der Waals surface area contributed by atoms with Gasteiger partial charge in [0.1, 0.15) is 10.8 Å². The van der Waals surface area contributed by atoms with Crippen LogP contribution in [0.2, 0.25) is 0 Å². The highest BCUT2D eigenvalue weighted by atomic mass is 32.2. The van der Waals surface area contributed by atoms with Gasteiger partial charge in [0, 0.05) is 0 Å². The Balaban J connectivity index is 2.53. The molecule has 0 bridgehead atoms. The molecule has 1 aromatic rings. The predicted octanol–water partition coefficient (Wildman–Crippen LogP) is 0.978. The first-order valence-electron chi connectivity index (χ1n) is 4.64. The molecule has 1 N–H and O–H groups in total. The number of thiophene rings is 1. The molecule has 0 aliphatic heterocycles. The Morgan fingerprint density at radius 1 is 1.56 bits per heavy atom. The van der Waals surface area contributed by atoms with Gasteiger partial charge < -0.3 is 4.74 Å². The van der Waals surface area contributed by atoms with Gasteiger partial charge >= 0.3 is 5.97 Å². The Morgan fingerprint density at radius 3 is 2.75 bits per heavy atom. The maximum absolute atomic E-state index is 11.6. The summed E-state index contributed by atoms with van der Waals surface area (Å²) in [4.78, 5) is 11.1. The van der Waals surface area contributed by atoms with E-state index >= 15 is 0 Å². The Bertz CT molecular complexity index is 436. The second-order valence-electron chi connectivity index (χ2n) is 3.30. The molecule has 1 heterocycles. The van der Waals surface area contributed by atoms with Gasteiger partial charge in [-0.15, -0.1) is 11.3 Å². The molecule has 1 aromatic heterocycles. The molecule has 0 aliphatic rings. The predicted molar refractivity (Wildman–Crippen MR) is 60.7 cm³/mol. The van der Waals surface area contributed by atoms with Crippen molar-refractivity contribution >= 4 is 27.3 Å². The Morgan fingerprint density at radius 2 is 2.25 bits per heavy atom. The van der Waals surface area contributed by atoms with Crippen LogP contribution in [0.1, 0.15) is 13.8 Å². The molecule has 0 atom stereocenters. The summed E-state index contributed by atoms with van der Waals surface area (Å²) in [5, 5.41) is 1.65. The third-order valence-electron chi connectivity index (χ3n) is 1.53. The molecule has 0 radical (unpaired) electrons. The summed E-state index contributed by atoms with van der Waals surface area (Å²) in [6.07, 6.45) is -0.251. The van der Waals surface area contributed by atoms with Crippen LogP contribution in [-0.2, 0) is 19.6 Å². The normalized spacial score (nSPS) is 11.7. The molecule has 0 unspecified atom stereocenters. The van der Waals surface area contributed by atoms with E-state index in [0.29, 0.717) is 0 Å². The van der Waals surface area contributed by atoms with E-state index in [4.69, 9.17) is 4.74 Å². The standard InChI is InChI=1S/C9H13NO4S2/c1-7(2)14-8(11)6-10-16(12,13)9-4-3-5-15-9/h3-5,7,10H,6H2,1-2H3. The molecule has 16 heavy (non-hydrogen) atoms. The molecule has 0 aromatic carbocycles. The molecule has 90 valence electrons. The van der Waals surface area contributed by atoms with Crippen molar-refractivity contribution in [3.8, 4) is 0 Å². The maximum atomic E-state index is 11.6. The third-order valence-corrected chi connectivity index (χ3v) is 4.33. The average Bonchev–Trinajstić information content (AvgIpc) is 2.67. The van der Waals surface area contributed by atoms with Crippen LogP contribution in [0.5, 0.6) is 0 Å². The number of carbonyl (C=O) groups excluding carboxylic acids is 1. The van der Waals surface area contributed by atoms with E-state index < -0.39 is 16.0 Å². The van der Waals surface area contributed by atoms with Gasteiger partial charge in [0.2, 0.25) is 0 Å². The Labute approximate surface area is 98.5 Å². The van der Waals surface area contributed by atoms with Crippen molar-refractivity contribution in [2.45, 2.75) is 24.2 Å². The van der Waals surface area contributed by atoms with Crippen LogP contribution in [0.3, 0.4) is 0 Å². The summed E-state index contributed by atoms with van der Waals surface area (Å²) < 4.78 is 30.3. The van der Waals surface area contributed by atoms with Crippen molar-refractivity contribution in [1.29, 1.82) is 0 Å². The summed E-state index contributed by atoms with van der Waals surface area (Å²) in [5.74, 6) is -0.588. The van der Waals surface area contributed by atoms with Gasteiger partial charge in [-0.25, -0.2) is 8.42 Å². The minimum Gasteiger partial charge on any atom is -0.462 e. The zero-order chi connectivity index (χ0) is 12.2. The molecular formula is C9H13NO4S2. The zero-order valence-corrected chi connectivity index (χ0v) is 10.6. The molecule has 0 spiro atoms. The lowest BCUT2D eigenvalue weighted by molar-refractivity contribution is -0.145. The number of ether oxygens (including phenoxy) is 1. The monoisotopic (exact) mass is 263 g/mol. The quantitative estimate of drug-likeness (QED) is 0.804. The SMILES string of the molecule is CC(C)OC(=O)CNS(=O)(=O)c1cccs1. The lowest BCUT2D eigenvalue weighted by atomic mass is 10.5. The van der Waals surface area contributed by atoms with E-state index in [1.54, 1.807) is 25.3 Å². The average molecular weight is 263 g/mol. The van der Waals surface area contributed by atoms with Gasteiger partial charge in [-0.1, -0.05) is 6.07 Å². The Hall–Kier alpha value is -0.920. The smallest absolute Gasteiger partial charge is 0.321 e. The molecule has 0 saturated carbocycles. The molecule has 0 amide bonds. The van der Waals surface area contributed by atoms with Crippen LogP contribution in [-0.4, -0.2) is 27.0 Å². The van der Waals surface area contributed by atoms with Crippen LogP contribution < -0.4 is 4.72 Å². The zero-order valence-electron chi connectivity index (χ0n) is 8.97. The first-order valence-corrected chi connectivity index (χ1v) is 7.01. The molecule has 5 nitrogen and oxygen atoms in total. The lowest BCUT2D eigenvalue weighted by Crippen LogP contribution is -2.31. The van der Waals surface area contributed by atoms with E-state index in [2.05, 4.69) is 4.72 Å². The summed E-state index contributed by atoms with van der Waals surface area (Å²) in [7, 11) is -3.58. The van der Waals surface area contributed by atoms with E-state index in [1.807, 2.05) is 0 Å². The van der Waals surface area contributed by atoms with Crippen LogP contribution >= 0.6 is 11.3 Å². The summed E-state index contributed by atoms with van der Waals surface area (Å²) in [6.45, 7) is 3.05. The van der Waals surface area contributed by atoms with Crippen molar-refractivity contribution in [2.24, 2.45) is 0 Å². The van der Waals surface area contributed by atoms with Gasteiger partial charge in [0.15, 0.2) is 0 Å². The fourth-order valence-corrected chi connectivity index (χ4v) is 2.95. The number of hydrogen-bond acceptors (Lipinski definition) is 5. The summed E-state index contributed by atoms with van der Waals surface area (Å²) in [6, 6.07) is 3.10. The number of nitrogens with one attached hydrogen (secondary N) is 1. The van der Waals surface area contributed by atoms with Gasteiger partial charge in [-0.05, 0) is 25.3 Å². The van der Waals surface area contributed by atoms with Crippen LogP contribution in [0.4, 0.5) is 0 Å². The number of carbonyl (C=O) groups is 1. The van der Waals surface area contributed by atoms with Crippen LogP contribution in [0.15, 0.2) is 21.7 Å². The number of hydrogen-bond donors (Lipinski definition) is 1. The maximum Gasteiger partial charge on any atom is 0.321 e. The molecule has 0 saturated heterocycles. The van der Waals surface area contributed by atoms with Gasteiger partial charge in [0.05, 0.1) is 6.10 Å². The van der Waals surface area contributed by atoms with E-state index in [0.717, 1.165) is 11.3 Å². The molecule has 0 fully saturated rings. The van der Waals surface area contributed by atoms with Crippen LogP contribution in [0, 0.1) is 0 Å². The van der Waals surface area contributed by atoms with Gasteiger partial charge in [-0.3, -0.25) is 4.79 Å². The Kier molecular flexibility index (Phi) is 4.45. The van der Waals surface area contributed by atoms with E-state index in [-0.39, 0.29) is 16.9 Å². The van der Waals surface area contributed by atoms with Crippen molar-refractivity contribution < 1.29 is 17.9 Å². The van der Waals surface area contributed by atoms with Crippen molar-refractivity contribution in [3.05, 3.63) is 17.5 Å². The second kappa shape index (κ2) is 5.42. The minimum absolute atomic E-state index is 0.185. The number of sulfonamides is 1. The first-order chi connectivity index (χ1) is 7.42. The summed E-state index contributed by atoms with van der Waals surface area (Å²) in [5.41, 5.74) is 0. The second-order valence-corrected chi connectivity index (χ2v) is 6.24. The first kappa shape index (κ1) is 13.1. The lowest BCUT2D eigenvalue weighted by Gasteiger charge is -2.08. The molecule has 7 heteroatoms. The van der Waals surface area contributed by atoms with Crippen molar-refractivity contribution in [1.82, 2.24) is 4.72 Å². The van der Waals surface area contributed by atoms with E-state index in [1.165, 1.54) is 6.07 Å². The van der Waals surface area contributed by atoms with Crippen molar-refractivity contribution in [3.63, 3.8) is 0 Å². The molecule has 1 rings (SSSR count). The van der Waals surface area contributed by atoms with E-state index in [9.17, 15) is 13.2 Å². The fraction of sp³-hybridized carbons (Fsp3) is 0.444. The summed E-state index contributed by atoms with van der Waals surface area (Å²) >= 11 is 1.09. The largest absolute Gasteiger partial charge is 0.462 e. The molecule has 0 aliphatic carbocycles. The van der Waals surface area contributed by atoms with Crippen LogP contribution in [0.25, 0.3) is 0 Å². The highest BCUT2D eigenvalue weighted by Crippen LogP contribution is 2.14. The highest BCUT2D eigenvalue weighted by molar-refractivity contribution is 7.91. The third kappa shape index (κ3) is 3.92. The fourth-order valence-electron chi connectivity index (χ4n) is 0.946. The molecular weight excluding hydrogens is 250 g/mol. The topological polar surface area (TPSA) is 72.5 Å². The minimum atomic E-state index is -3.58. The van der Waals surface area contributed by atoms with Crippen molar-refractivity contribution in [2.75, 3.05) is 6.54 Å².